The Morgan fingerprint density at radius 3 is 1.85 bits per heavy atom. The van der Waals surface area contributed by atoms with Crippen LogP contribution in [0.15, 0.2) is 69.3 Å². The molecule has 4 nitrogen and oxygen atoms in total. The summed E-state index contributed by atoms with van der Waals surface area (Å²) in [5, 5.41) is 9.93. The molecule has 0 saturated heterocycles. The van der Waals surface area contributed by atoms with Gasteiger partial charge in [0.05, 0.1) is 23.2 Å². The summed E-state index contributed by atoms with van der Waals surface area (Å²) in [7, 11) is 3.16. The molecule has 0 fully saturated rings. The minimum absolute atomic E-state index is 0.139. The van der Waals surface area contributed by atoms with Crippen LogP contribution in [0.2, 0.25) is 0 Å². The lowest BCUT2D eigenvalue weighted by molar-refractivity contribution is -0.110. The number of allylic oxidation sites excluding steroid dienone is 3. The molecule has 6 heteroatoms. The molecule has 0 atom stereocenters. The van der Waals surface area contributed by atoms with Gasteiger partial charge in [-0.15, -0.1) is 0 Å². The predicted molar refractivity (Wildman–Crippen MR) is 115 cm³/mol. The van der Waals surface area contributed by atoms with E-state index in [-0.39, 0.29) is 11.5 Å². The molecule has 140 valence electrons. The first-order chi connectivity index (χ1) is 12.9. The predicted octanol–water partition coefficient (Wildman–Crippen LogP) is 5.97. The number of rotatable bonds is 7. The van der Waals surface area contributed by atoms with Crippen LogP contribution in [-0.2, 0) is 4.79 Å². The van der Waals surface area contributed by atoms with Gasteiger partial charge in [0.25, 0.3) is 0 Å². The van der Waals surface area contributed by atoms with Gasteiger partial charge in [0.2, 0.25) is 0 Å². The largest absolute Gasteiger partial charge is 0.508 e. The summed E-state index contributed by atoms with van der Waals surface area (Å²) in [5.74, 6) is 0.896. The molecule has 0 aliphatic heterocycles. The SMILES string of the molecule is COc1cc(/C=C/C(=O)/C=C(O)/C=C/c2ccc(Br)c(OC)c2)ccc1Br. The number of hydrogen-bond donors (Lipinski definition) is 1. The van der Waals surface area contributed by atoms with Crippen molar-refractivity contribution in [3.8, 4) is 11.5 Å². The molecule has 0 aliphatic carbocycles. The van der Waals surface area contributed by atoms with Crippen molar-refractivity contribution in [2.75, 3.05) is 14.2 Å². The molecule has 0 unspecified atom stereocenters. The second-order valence-corrected chi connectivity index (χ2v) is 7.13. The Morgan fingerprint density at radius 2 is 1.37 bits per heavy atom. The van der Waals surface area contributed by atoms with Crippen molar-refractivity contribution in [2.45, 2.75) is 0 Å². The quantitative estimate of drug-likeness (QED) is 0.293. The summed E-state index contributed by atoms with van der Waals surface area (Å²) < 4.78 is 12.1. The van der Waals surface area contributed by atoms with Gasteiger partial charge in [-0.3, -0.25) is 4.79 Å². The normalized spacial score (nSPS) is 11.9. The van der Waals surface area contributed by atoms with E-state index in [0.29, 0.717) is 11.5 Å². The summed E-state index contributed by atoms with van der Waals surface area (Å²) in [6, 6.07) is 11.0. The van der Waals surface area contributed by atoms with E-state index < -0.39 is 0 Å². The highest BCUT2D eigenvalue weighted by Gasteiger charge is 2.01. The van der Waals surface area contributed by atoms with Crippen molar-refractivity contribution in [1.29, 1.82) is 0 Å². The lowest BCUT2D eigenvalue weighted by Gasteiger charge is -2.03. The van der Waals surface area contributed by atoms with E-state index in [9.17, 15) is 9.90 Å². The van der Waals surface area contributed by atoms with Gasteiger partial charge >= 0.3 is 0 Å². The van der Waals surface area contributed by atoms with Crippen LogP contribution in [0, 0.1) is 0 Å². The van der Waals surface area contributed by atoms with Crippen LogP contribution in [0.25, 0.3) is 12.2 Å². The fourth-order valence-corrected chi connectivity index (χ4v) is 2.98. The fourth-order valence-electron chi connectivity index (χ4n) is 2.16. The van der Waals surface area contributed by atoms with Crippen molar-refractivity contribution in [3.05, 3.63) is 80.5 Å². The average Bonchev–Trinajstić information content (AvgIpc) is 2.66. The van der Waals surface area contributed by atoms with Crippen molar-refractivity contribution in [2.24, 2.45) is 0 Å². The van der Waals surface area contributed by atoms with Crippen molar-refractivity contribution >= 4 is 49.8 Å². The molecule has 0 amide bonds. The maximum atomic E-state index is 12.0. The number of hydrogen-bond acceptors (Lipinski definition) is 4. The zero-order valence-corrected chi connectivity index (χ0v) is 18.0. The number of aliphatic hydroxyl groups is 1. The summed E-state index contributed by atoms with van der Waals surface area (Å²) >= 11 is 6.76. The van der Waals surface area contributed by atoms with E-state index in [1.54, 1.807) is 32.4 Å². The highest BCUT2D eigenvalue weighted by Crippen LogP contribution is 2.27. The Balaban J connectivity index is 2.05. The Kier molecular flexibility index (Phi) is 7.88. The molecule has 0 saturated carbocycles. The van der Waals surface area contributed by atoms with Crippen LogP contribution in [-0.4, -0.2) is 25.1 Å². The van der Waals surface area contributed by atoms with E-state index in [0.717, 1.165) is 26.1 Å². The summed E-state index contributed by atoms with van der Waals surface area (Å²) in [6.45, 7) is 0. The number of aliphatic hydroxyl groups excluding tert-OH is 1. The van der Waals surface area contributed by atoms with Crippen LogP contribution in [0.3, 0.4) is 0 Å². The van der Waals surface area contributed by atoms with Gasteiger partial charge in [0, 0.05) is 6.08 Å². The van der Waals surface area contributed by atoms with Gasteiger partial charge in [-0.05, 0) is 79.4 Å². The second-order valence-electron chi connectivity index (χ2n) is 5.43. The lowest BCUT2D eigenvalue weighted by atomic mass is 10.1. The molecule has 1 N–H and O–H groups in total. The lowest BCUT2D eigenvalue weighted by Crippen LogP contribution is -1.89. The molecule has 2 aromatic rings. The van der Waals surface area contributed by atoms with Crippen LogP contribution in [0.4, 0.5) is 0 Å². The Hall–Kier alpha value is -2.31. The summed E-state index contributed by atoms with van der Waals surface area (Å²) in [4.78, 5) is 12.0. The van der Waals surface area contributed by atoms with Crippen molar-refractivity contribution in [3.63, 3.8) is 0 Å². The zero-order valence-electron chi connectivity index (χ0n) is 14.8. The summed E-state index contributed by atoms with van der Waals surface area (Å²) in [6.07, 6.45) is 7.34. The number of methoxy groups -OCH3 is 2. The second kappa shape index (κ2) is 10.1. The maximum Gasteiger partial charge on any atom is 0.182 e. The molecule has 0 bridgehead atoms. The smallest absolute Gasteiger partial charge is 0.182 e. The third-order valence-corrected chi connectivity index (χ3v) is 4.84. The first-order valence-corrected chi connectivity index (χ1v) is 9.49. The molecular weight excluding hydrogens is 476 g/mol. The van der Waals surface area contributed by atoms with E-state index in [1.807, 2.05) is 30.3 Å². The number of halogens is 2. The van der Waals surface area contributed by atoms with Gasteiger partial charge < -0.3 is 14.6 Å². The first-order valence-electron chi connectivity index (χ1n) is 7.91. The fraction of sp³-hybridized carbons (Fsp3) is 0.0952. The number of carbonyl (C=O) groups excluding carboxylic acids is 1. The minimum atomic E-state index is -0.326. The third kappa shape index (κ3) is 6.41. The third-order valence-electron chi connectivity index (χ3n) is 3.53. The van der Waals surface area contributed by atoms with Gasteiger partial charge in [-0.1, -0.05) is 24.3 Å². The molecular formula is C21H18Br2O4. The first kappa shape index (κ1) is 21.0. The van der Waals surface area contributed by atoms with Crippen LogP contribution in [0.1, 0.15) is 11.1 Å². The van der Waals surface area contributed by atoms with Crippen LogP contribution in [0.5, 0.6) is 11.5 Å². The standard InChI is InChI=1S/C21H18Br2O4/c1-26-20-11-14(5-9-18(20)22)3-7-16(24)13-17(25)8-4-15-6-10-19(23)21(12-15)27-2/h3-13,24H,1-2H3/b7-3+,8-4+,16-13-. The van der Waals surface area contributed by atoms with Crippen molar-refractivity contribution < 1.29 is 19.4 Å². The molecule has 0 spiro atoms. The number of benzene rings is 2. The molecule has 0 heterocycles. The molecule has 0 aromatic heterocycles. The van der Waals surface area contributed by atoms with Crippen molar-refractivity contribution in [1.82, 2.24) is 0 Å². The Morgan fingerprint density at radius 1 is 0.889 bits per heavy atom. The van der Waals surface area contributed by atoms with E-state index >= 15 is 0 Å². The molecule has 0 radical (unpaired) electrons. The Labute approximate surface area is 175 Å². The monoisotopic (exact) mass is 492 g/mol. The van der Waals surface area contributed by atoms with E-state index in [1.165, 1.54) is 12.2 Å². The Bertz CT molecular complexity index is 914. The van der Waals surface area contributed by atoms with Gasteiger partial charge in [0.15, 0.2) is 5.78 Å². The molecule has 2 rings (SSSR count). The molecule has 0 aliphatic rings. The highest BCUT2D eigenvalue weighted by atomic mass is 79.9. The van der Waals surface area contributed by atoms with E-state index in [4.69, 9.17) is 9.47 Å². The zero-order chi connectivity index (χ0) is 19.8. The van der Waals surface area contributed by atoms with Gasteiger partial charge in [0.1, 0.15) is 17.3 Å². The average molecular weight is 494 g/mol. The maximum absolute atomic E-state index is 12.0. The van der Waals surface area contributed by atoms with Gasteiger partial charge in [-0.25, -0.2) is 0 Å². The summed E-state index contributed by atoms with van der Waals surface area (Å²) in [5.41, 5.74) is 1.65. The van der Waals surface area contributed by atoms with E-state index in [2.05, 4.69) is 31.9 Å². The highest BCUT2D eigenvalue weighted by molar-refractivity contribution is 9.10. The topological polar surface area (TPSA) is 55.8 Å². The number of ketones is 1. The minimum Gasteiger partial charge on any atom is -0.508 e. The number of ether oxygens (including phenoxy) is 2. The van der Waals surface area contributed by atoms with Gasteiger partial charge in [-0.2, -0.15) is 0 Å². The number of carbonyl (C=O) groups is 1. The molecule has 2 aromatic carbocycles. The van der Waals surface area contributed by atoms with Crippen LogP contribution < -0.4 is 9.47 Å². The molecule has 27 heavy (non-hydrogen) atoms. The van der Waals surface area contributed by atoms with Crippen LogP contribution >= 0.6 is 31.9 Å².